The highest BCUT2D eigenvalue weighted by molar-refractivity contribution is 7.14. The van der Waals surface area contributed by atoms with E-state index in [9.17, 15) is 9.90 Å². The van der Waals surface area contributed by atoms with E-state index in [0.29, 0.717) is 17.0 Å². The fourth-order valence-electron chi connectivity index (χ4n) is 1.04. The standard InChI is InChI=1S/C9H12O3S/c1-4-12-9(11)8-5(2)7(10)6(3)13-8/h10H,4H2,1-3H3. The Morgan fingerprint density at radius 3 is 2.54 bits per heavy atom. The van der Waals surface area contributed by atoms with Gasteiger partial charge in [0.05, 0.1) is 6.61 Å². The van der Waals surface area contributed by atoms with Crippen molar-refractivity contribution in [2.45, 2.75) is 20.8 Å². The van der Waals surface area contributed by atoms with Crippen LogP contribution in [-0.2, 0) is 4.74 Å². The number of carbonyl (C=O) groups is 1. The van der Waals surface area contributed by atoms with Crippen molar-refractivity contribution in [3.8, 4) is 5.75 Å². The Morgan fingerprint density at radius 2 is 2.15 bits per heavy atom. The molecule has 1 heterocycles. The van der Waals surface area contributed by atoms with Crippen molar-refractivity contribution >= 4 is 17.3 Å². The Labute approximate surface area is 81.0 Å². The van der Waals surface area contributed by atoms with Crippen molar-refractivity contribution in [3.05, 3.63) is 15.3 Å². The van der Waals surface area contributed by atoms with Gasteiger partial charge in [-0.15, -0.1) is 11.3 Å². The third-order valence-corrected chi connectivity index (χ3v) is 2.92. The van der Waals surface area contributed by atoms with Crippen LogP contribution in [0.2, 0.25) is 0 Å². The molecular weight excluding hydrogens is 188 g/mol. The zero-order valence-electron chi connectivity index (χ0n) is 7.88. The molecule has 0 aromatic carbocycles. The molecular formula is C9H12O3S. The molecule has 0 saturated heterocycles. The summed E-state index contributed by atoms with van der Waals surface area (Å²) in [5.74, 6) is -0.151. The number of hydrogen-bond donors (Lipinski definition) is 1. The molecule has 0 fully saturated rings. The second-order valence-electron chi connectivity index (χ2n) is 2.68. The van der Waals surface area contributed by atoms with E-state index in [1.807, 2.05) is 0 Å². The van der Waals surface area contributed by atoms with Crippen LogP contribution in [0.15, 0.2) is 0 Å². The lowest BCUT2D eigenvalue weighted by Gasteiger charge is -1.98. The summed E-state index contributed by atoms with van der Waals surface area (Å²) < 4.78 is 4.84. The normalized spacial score (nSPS) is 10.1. The lowest BCUT2D eigenvalue weighted by atomic mass is 10.2. The Bertz CT molecular complexity index is 328. The molecule has 0 atom stereocenters. The molecule has 4 heteroatoms. The molecule has 1 rings (SSSR count). The Kier molecular flexibility index (Phi) is 2.93. The summed E-state index contributed by atoms with van der Waals surface area (Å²) >= 11 is 1.26. The van der Waals surface area contributed by atoms with Crippen LogP contribution in [-0.4, -0.2) is 17.7 Å². The maximum Gasteiger partial charge on any atom is 0.348 e. The molecule has 0 saturated carbocycles. The van der Waals surface area contributed by atoms with Crippen LogP contribution in [0.1, 0.15) is 27.0 Å². The summed E-state index contributed by atoms with van der Waals surface area (Å²) in [6.45, 7) is 5.60. The lowest BCUT2D eigenvalue weighted by Crippen LogP contribution is -2.03. The van der Waals surface area contributed by atoms with E-state index in [-0.39, 0.29) is 11.7 Å². The van der Waals surface area contributed by atoms with E-state index >= 15 is 0 Å². The molecule has 1 aromatic rings. The minimum atomic E-state index is -0.353. The van der Waals surface area contributed by atoms with Gasteiger partial charge in [0.25, 0.3) is 0 Å². The average molecular weight is 200 g/mol. The maximum atomic E-state index is 11.3. The van der Waals surface area contributed by atoms with Crippen molar-refractivity contribution in [1.29, 1.82) is 0 Å². The topological polar surface area (TPSA) is 46.5 Å². The molecule has 0 aliphatic carbocycles. The third-order valence-electron chi connectivity index (χ3n) is 1.75. The Balaban J connectivity index is 3.01. The van der Waals surface area contributed by atoms with Crippen LogP contribution in [0.3, 0.4) is 0 Å². The van der Waals surface area contributed by atoms with Crippen molar-refractivity contribution in [2.24, 2.45) is 0 Å². The van der Waals surface area contributed by atoms with Gasteiger partial charge in [-0.25, -0.2) is 4.79 Å². The molecule has 1 N–H and O–H groups in total. The molecule has 1 aromatic heterocycles. The van der Waals surface area contributed by atoms with Gasteiger partial charge in [0.15, 0.2) is 0 Å². The number of hydrogen-bond acceptors (Lipinski definition) is 4. The quantitative estimate of drug-likeness (QED) is 0.745. The number of aryl methyl sites for hydroxylation is 1. The van der Waals surface area contributed by atoms with E-state index in [0.717, 1.165) is 4.88 Å². The molecule has 0 aliphatic heterocycles. The van der Waals surface area contributed by atoms with Gasteiger partial charge >= 0.3 is 5.97 Å². The van der Waals surface area contributed by atoms with Gasteiger partial charge in [-0.05, 0) is 20.8 Å². The van der Waals surface area contributed by atoms with Gasteiger partial charge < -0.3 is 9.84 Å². The summed E-state index contributed by atoms with van der Waals surface area (Å²) in [6.07, 6.45) is 0. The number of esters is 1. The number of aromatic hydroxyl groups is 1. The fraction of sp³-hybridized carbons (Fsp3) is 0.444. The first kappa shape index (κ1) is 10.1. The molecule has 0 radical (unpaired) electrons. The Hall–Kier alpha value is -1.03. The number of rotatable bonds is 2. The van der Waals surface area contributed by atoms with Crippen LogP contribution in [0.25, 0.3) is 0 Å². The minimum absolute atomic E-state index is 0.202. The highest BCUT2D eigenvalue weighted by Gasteiger charge is 2.17. The third kappa shape index (κ3) is 1.83. The second-order valence-corrected chi connectivity index (χ2v) is 3.91. The van der Waals surface area contributed by atoms with E-state index in [1.54, 1.807) is 20.8 Å². The van der Waals surface area contributed by atoms with Crippen LogP contribution >= 0.6 is 11.3 Å². The van der Waals surface area contributed by atoms with Crippen LogP contribution < -0.4 is 0 Å². The summed E-state index contributed by atoms with van der Waals surface area (Å²) in [6, 6.07) is 0. The SMILES string of the molecule is CCOC(=O)c1sc(C)c(O)c1C. The zero-order chi connectivity index (χ0) is 10.0. The van der Waals surface area contributed by atoms with E-state index in [1.165, 1.54) is 11.3 Å². The molecule has 0 spiro atoms. The predicted octanol–water partition coefficient (Wildman–Crippen LogP) is 2.25. The largest absolute Gasteiger partial charge is 0.506 e. The van der Waals surface area contributed by atoms with E-state index in [2.05, 4.69) is 0 Å². The van der Waals surface area contributed by atoms with E-state index in [4.69, 9.17) is 4.74 Å². The van der Waals surface area contributed by atoms with Crippen molar-refractivity contribution in [1.82, 2.24) is 0 Å². The van der Waals surface area contributed by atoms with E-state index < -0.39 is 0 Å². The van der Waals surface area contributed by atoms with Gasteiger partial charge in [0.1, 0.15) is 10.6 Å². The summed E-state index contributed by atoms with van der Waals surface area (Å²) in [4.78, 5) is 12.6. The minimum Gasteiger partial charge on any atom is -0.506 e. The molecule has 0 aliphatic rings. The Morgan fingerprint density at radius 1 is 1.54 bits per heavy atom. The van der Waals surface area contributed by atoms with Gasteiger partial charge in [0.2, 0.25) is 0 Å². The smallest absolute Gasteiger partial charge is 0.348 e. The zero-order valence-corrected chi connectivity index (χ0v) is 8.70. The molecule has 3 nitrogen and oxygen atoms in total. The molecule has 72 valence electrons. The first-order chi connectivity index (χ1) is 6.07. The number of ether oxygens (including phenoxy) is 1. The van der Waals surface area contributed by atoms with Crippen molar-refractivity contribution in [2.75, 3.05) is 6.61 Å². The summed E-state index contributed by atoms with van der Waals surface area (Å²) in [7, 11) is 0. The van der Waals surface area contributed by atoms with Gasteiger partial charge in [0, 0.05) is 10.4 Å². The summed E-state index contributed by atoms with van der Waals surface area (Å²) in [5, 5.41) is 9.45. The number of carbonyl (C=O) groups excluding carboxylic acids is 1. The molecule has 13 heavy (non-hydrogen) atoms. The molecule has 0 amide bonds. The van der Waals surface area contributed by atoms with Crippen molar-refractivity contribution < 1.29 is 14.6 Å². The predicted molar refractivity (Wildman–Crippen MR) is 51.4 cm³/mol. The van der Waals surface area contributed by atoms with Gasteiger partial charge in [-0.2, -0.15) is 0 Å². The monoisotopic (exact) mass is 200 g/mol. The molecule has 0 unspecified atom stereocenters. The number of thiophene rings is 1. The van der Waals surface area contributed by atoms with Crippen LogP contribution in [0.5, 0.6) is 5.75 Å². The van der Waals surface area contributed by atoms with Crippen molar-refractivity contribution in [3.63, 3.8) is 0 Å². The van der Waals surface area contributed by atoms with Gasteiger partial charge in [-0.3, -0.25) is 0 Å². The first-order valence-electron chi connectivity index (χ1n) is 4.04. The van der Waals surface area contributed by atoms with Gasteiger partial charge in [-0.1, -0.05) is 0 Å². The first-order valence-corrected chi connectivity index (χ1v) is 4.85. The molecule has 0 bridgehead atoms. The second kappa shape index (κ2) is 3.79. The average Bonchev–Trinajstić information content (AvgIpc) is 2.33. The van der Waals surface area contributed by atoms with Crippen LogP contribution in [0.4, 0.5) is 0 Å². The highest BCUT2D eigenvalue weighted by atomic mass is 32.1. The fourth-order valence-corrected chi connectivity index (χ4v) is 1.99. The lowest BCUT2D eigenvalue weighted by molar-refractivity contribution is 0.0531. The maximum absolute atomic E-state index is 11.3. The highest BCUT2D eigenvalue weighted by Crippen LogP contribution is 2.33. The van der Waals surface area contributed by atoms with Crippen LogP contribution in [0, 0.1) is 13.8 Å². The summed E-state index contributed by atoms with van der Waals surface area (Å²) in [5.41, 5.74) is 0.612.